The number of nitrogens with zero attached hydrogens (tertiary/aromatic N) is 3. The van der Waals surface area contributed by atoms with E-state index in [1.807, 2.05) is 18.3 Å². The van der Waals surface area contributed by atoms with Gasteiger partial charge in [0.2, 0.25) is 0 Å². The van der Waals surface area contributed by atoms with E-state index >= 15 is 0 Å². The zero-order valence-corrected chi connectivity index (χ0v) is 28.6. The third-order valence-electron chi connectivity index (χ3n) is 10.2. The van der Waals surface area contributed by atoms with Gasteiger partial charge in [-0.25, -0.2) is 9.97 Å². The second-order valence-corrected chi connectivity index (χ2v) is 13.7. The van der Waals surface area contributed by atoms with Gasteiger partial charge in [-0.15, -0.1) is 0 Å². The van der Waals surface area contributed by atoms with Gasteiger partial charge in [-0.2, -0.15) is 0 Å². The van der Waals surface area contributed by atoms with Gasteiger partial charge in [-0.1, -0.05) is 159 Å². The lowest BCUT2D eigenvalue weighted by atomic mass is 9.78. The Labute approximate surface area is 299 Å². The van der Waals surface area contributed by atoms with Crippen LogP contribution in [0.1, 0.15) is 25.0 Å². The third kappa shape index (κ3) is 5.53. The van der Waals surface area contributed by atoms with Crippen molar-refractivity contribution in [1.82, 2.24) is 15.0 Å². The molecule has 0 saturated carbocycles. The summed E-state index contributed by atoms with van der Waals surface area (Å²) >= 11 is 0. The molecule has 0 N–H and O–H groups in total. The van der Waals surface area contributed by atoms with E-state index in [1.54, 1.807) is 6.20 Å². The minimum atomic E-state index is -0.109. The second kappa shape index (κ2) is 12.5. The summed E-state index contributed by atoms with van der Waals surface area (Å²) in [6.45, 7) is 4.69. The zero-order valence-electron chi connectivity index (χ0n) is 28.6. The number of pyridine rings is 1. The second-order valence-electron chi connectivity index (χ2n) is 13.7. The molecule has 0 fully saturated rings. The molecule has 0 spiro atoms. The molecular formula is C48H35N3. The van der Waals surface area contributed by atoms with E-state index in [-0.39, 0.29) is 5.41 Å². The van der Waals surface area contributed by atoms with E-state index in [1.165, 1.54) is 44.5 Å². The van der Waals surface area contributed by atoms with Crippen LogP contribution < -0.4 is 0 Å². The number of hydrogen-bond donors (Lipinski definition) is 0. The molecule has 0 bridgehead atoms. The summed E-state index contributed by atoms with van der Waals surface area (Å²) in [5.74, 6) is 0.690. The fraction of sp³-hybridized carbons (Fsp3) is 0.0625. The largest absolute Gasteiger partial charge is 0.264 e. The van der Waals surface area contributed by atoms with Crippen LogP contribution in [-0.2, 0) is 5.41 Å². The maximum absolute atomic E-state index is 5.21. The van der Waals surface area contributed by atoms with Gasteiger partial charge < -0.3 is 0 Å². The Bertz CT molecular complexity index is 2420. The minimum Gasteiger partial charge on any atom is -0.264 e. The van der Waals surface area contributed by atoms with E-state index in [0.717, 1.165) is 39.2 Å². The first-order valence-electron chi connectivity index (χ1n) is 17.4. The van der Waals surface area contributed by atoms with Crippen LogP contribution in [0.3, 0.4) is 0 Å². The highest BCUT2D eigenvalue weighted by atomic mass is 14.9. The molecule has 242 valence electrons. The lowest BCUT2D eigenvalue weighted by Crippen LogP contribution is -2.16. The van der Waals surface area contributed by atoms with Crippen molar-refractivity contribution in [3.8, 4) is 78.4 Å². The van der Waals surface area contributed by atoms with E-state index in [0.29, 0.717) is 5.82 Å². The summed E-state index contributed by atoms with van der Waals surface area (Å²) in [6, 6.07) is 58.1. The van der Waals surface area contributed by atoms with E-state index < -0.39 is 0 Å². The Morgan fingerprint density at radius 3 is 1.71 bits per heavy atom. The number of benzene rings is 6. The highest BCUT2D eigenvalue weighted by molar-refractivity contribution is 5.89. The molecule has 0 aliphatic heterocycles. The number of rotatable bonds is 6. The van der Waals surface area contributed by atoms with E-state index in [2.05, 4.69) is 170 Å². The highest BCUT2D eigenvalue weighted by Crippen LogP contribution is 2.52. The van der Waals surface area contributed by atoms with Gasteiger partial charge in [0.15, 0.2) is 5.82 Å². The standard InChI is InChI=1S/C48H35N3/c1-48(2)43-19-7-6-16-41(43)42-18-9-17-40(46(42)48)37-13-8-14-38(29-37)45-30-44(35-24-20-33(21-25-35)32-11-4-3-5-12-32)50-47(51-45)36-26-22-34(23-27-36)39-15-10-28-49-31-39/h3-31H,1-2H3. The zero-order chi connectivity index (χ0) is 34.4. The summed E-state index contributed by atoms with van der Waals surface area (Å²) in [5, 5.41) is 0. The lowest BCUT2D eigenvalue weighted by Gasteiger charge is -2.24. The quantitative estimate of drug-likeness (QED) is 0.179. The fourth-order valence-electron chi connectivity index (χ4n) is 7.62. The molecular weight excluding hydrogens is 619 g/mol. The van der Waals surface area contributed by atoms with Crippen LogP contribution in [0, 0.1) is 0 Å². The molecule has 8 aromatic rings. The van der Waals surface area contributed by atoms with Crippen LogP contribution >= 0.6 is 0 Å². The molecule has 51 heavy (non-hydrogen) atoms. The fourth-order valence-corrected chi connectivity index (χ4v) is 7.62. The van der Waals surface area contributed by atoms with Gasteiger partial charge >= 0.3 is 0 Å². The normalized spacial score (nSPS) is 12.7. The van der Waals surface area contributed by atoms with Crippen LogP contribution in [0.2, 0.25) is 0 Å². The molecule has 0 amide bonds. The first-order valence-corrected chi connectivity index (χ1v) is 17.4. The first kappa shape index (κ1) is 30.6. The predicted octanol–water partition coefficient (Wildman–Crippen LogP) is 12.2. The summed E-state index contributed by atoms with van der Waals surface area (Å²) in [6.07, 6.45) is 3.68. The van der Waals surface area contributed by atoms with Gasteiger partial charge in [-0.05, 0) is 73.8 Å². The average Bonchev–Trinajstić information content (AvgIpc) is 3.44. The maximum atomic E-state index is 5.21. The first-order chi connectivity index (χ1) is 25.0. The maximum Gasteiger partial charge on any atom is 0.160 e. The van der Waals surface area contributed by atoms with Crippen LogP contribution in [0.25, 0.3) is 78.4 Å². The predicted molar refractivity (Wildman–Crippen MR) is 210 cm³/mol. The molecule has 2 heterocycles. The van der Waals surface area contributed by atoms with Gasteiger partial charge in [0, 0.05) is 34.5 Å². The summed E-state index contributed by atoms with van der Waals surface area (Å²) < 4.78 is 0. The average molecular weight is 654 g/mol. The van der Waals surface area contributed by atoms with Gasteiger partial charge in [0.05, 0.1) is 11.4 Å². The van der Waals surface area contributed by atoms with Crippen molar-refractivity contribution in [2.24, 2.45) is 0 Å². The molecule has 0 atom stereocenters. The molecule has 0 unspecified atom stereocenters. The number of hydrogen-bond acceptors (Lipinski definition) is 3. The van der Waals surface area contributed by atoms with Crippen LogP contribution in [0.4, 0.5) is 0 Å². The number of fused-ring (bicyclic) bond motifs is 3. The minimum absolute atomic E-state index is 0.109. The Hall–Kier alpha value is -6.45. The Balaban J connectivity index is 1.15. The Morgan fingerprint density at radius 2 is 0.941 bits per heavy atom. The summed E-state index contributed by atoms with van der Waals surface area (Å²) in [5.41, 5.74) is 17.1. The van der Waals surface area contributed by atoms with E-state index in [4.69, 9.17) is 9.97 Å². The summed E-state index contributed by atoms with van der Waals surface area (Å²) in [4.78, 5) is 14.7. The summed E-state index contributed by atoms with van der Waals surface area (Å²) in [7, 11) is 0. The monoisotopic (exact) mass is 653 g/mol. The Kier molecular flexibility index (Phi) is 7.48. The molecule has 3 heteroatoms. The van der Waals surface area contributed by atoms with Crippen LogP contribution in [-0.4, -0.2) is 15.0 Å². The van der Waals surface area contributed by atoms with Crippen molar-refractivity contribution in [2.75, 3.05) is 0 Å². The van der Waals surface area contributed by atoms with Crippen molar-refractivity contribution in [3.05, 3.63) is 187 Å². The van der Waals surface area contributed by atoms with Crippen molar-refractivity contribution >= 4 is 0 Å². The topological polar surface area (TPSA) is 38.7 Å². The SMILES string of the molecule is CC1(C)c2ccccc2-c2cccc(-c3cccc(-c4cc(-c5ccc(-c6ccccc6)cc5)nc(-c5ccc(-c6cccnc6)cc5)n4)c3)c21. The van der Waals surface area contributed by atoms with Crippen molar-refractivity contribution in [1.29, 1.82) is 0 Å². The Morgan fingerprint density at radius 1 is 0.392 bits per heavy atom. The van der Waals surface area contributed by atoms with Gasteiger partial charge in [-0.3, -0.25) is 4.98 Å². The van der Waals surface area contributed by atoms with Crippen molar-refractivity contribution in [3.63, 3.8) is 0 Å². The third-order valence-corrected chi connectivity index (χ3v) is 10.2. The molecule has 3 nitrogen and oxygen atoms in total. The smallest absolute Gasteiger partial charge is 0.160 e. The molecule has 0 radical (unpaired) electrons. The van der Waals surface area contributed by atoms with E-state index in [9.17, 15) is 0 Å². The number of aromatic nitrogens is 3. The van der Waals surface area contributed by atoms with Gasteiger partial charge in [0.25, 0.3) is 0 Å². The van der Waals surface area contributed by atoms with Crippen LogP contribution in [0.5, 0.6) is 0 Å². The van der Waals surface area contributed by atoms with Crippen LogP contribution in [0.15, 0.2) is 176 Å². The van der Waals surface area contributed by atoms with Crippen molar-refractivity contribution in [2.45, 2.75) is 19.3 Å². The molecule has 0 saturated heterocycles. The van der Waals surface area contributed by atoms with Gasteiger partial charge in [0.1, 0.15) is 0 Å². The highest BCUT2D eigenvalue weighted by Gasteiger charge is 2.37. The molecule has 9 rings (SSSR count). The lowest BCUT2D eigenvalue weighted by molar-refractivity contribution is 0.662. The molecule has 1 aliphatic rings. The molecule has 6 aromatic carbocycles. The van der Waals surface area contributed by atoms with Crippen molar-refractivity contribution < 1.29 is 0 Å². The molecule has 1 aliphatic carbocycles. The molecule has 2 aromatic heterocycles.